The van der Waals surface area contributed by atoms with Crippen LogP contribution in [0.4, 0.5) is 24.9 Å². The van der Waals surface area contributed by atoms with E-state index in [4.69, 9.17) is 11.6 Å². The van der Waals surface area contributed by atoms with Crippen molar-refractivity contribution in [2.75, 3.05) is 37.4 Å². The molecular formula is C25H29ClF3N5O2S. The molecule has 0 radical (unpaired) electrons. The first-order valence-electron chi connectivity index (χ1n) is 12.0. The molecule has 1 saturated carbocycles. The van der Waals surface area contributed by atoms with Crippen LogP contribution in [-0.4, -0.2) is 45.6 Å². The molecule has 7 nitrogen and oxygen atoms in total. The van der Waals surface area contributed by atoms with E-state index in [0.717, 1.165) is 54.5 Å². The molecule has 0 aliphatic heterocycles. The van der Waals surface area contributed by atoms with Crippen molar-refractivity contribution < 1.29 is 21.6 Å². The van der Waals surface area contributed by atoms with Gasteiger partial charge in [0.15, 0.2) is 0 Å². The number of alkyl halides is 3. The first kappa shape index (κ1) is 27.4. The highest BCUT2D eigenvalue weighted by atomic mass is 35.5. The van der Waals surface area contributed by atoms with Gasteiger partial charge in [0.2, 0.25) is 16.0 Å². The van der Waals surface area contributed by atoms with Crippen LogP contribution in [0, 0.1) is 11.8 Å². The molecule has 1 fully saturated rings. The monoisotopic (exact) mass is 555 g/mol. The summed E-state index contributed by atoms with van der Waals surface area (Å²) in [5.74, 6) is 1.87. The molecule has 12 heteroatoms. The Balaban J connectivity index is 1.31. The number of rotatable bonds is 8. The van der Waals surface area contributed by atoms with Gasteiger partial charge in [-0.15, -0.1) is 0 Å². The van der Waals surface area contributed by atoms with Crippen LogP contribution in [0.25, 0.3) is 10.9 Å². The van der Waals surface area contributed by atoms with Crippen LogP contribution in [0.3, 0.4) is 0 Å². The lowest BCUT2D eigenvalue weighted by atomic mass is 9.82. The summed E-state index contributed by atoms with van der Waals surface area (Å²) in [5, 5.41) is 4.08. The van der Waals surface area contributed by atoms with Crippen molar-refractivity contribution in [3.63, 3.8) is 0 Å². The minimum atomic E-state index is -4.66. The molecule has 2 N–H and O–H groups in total. The smallest absolute Gasteiger partial charge is 0.362 e. The number of fused-ring (bicyclic) bond motifs is 1. The second-order valence-electron chi connectivity index (χ2n) is 9.54. The predicted octanol–water partition coefficient (Wildman–Crippen LogP) is 5.56. The largest absolute Gasteiger partial charge is 0.416 e. The zero-order chi connectivity index (χ0) is 26.8. The van der Waals surface area contributed by atoms with Gasteiger partial charge in [0.05, 0.1) is 16.1 Å². The second-order valence-corrected chi connectivity index (χ2v) is 11.7. The summed E-state index contributed by atoms with van der Waals surface area (Å²) in [6.07, 6.45) is -1.29. The Morgan fingerprint density at radius 3 is 2.30 bits per heavy atom. The number of halogens is 4. The van der Waals surface area contributed by atoms with E-state index in [9.17, 15) is 21.6 Å². The number of nitrogens with one attached hydrogen (secondary N) is 2. The van der Waals surface area contributed by atoms with Crippen molar-refractivity contribution in [3.8, 4) is 0 Å². The van der Waals surface area contributed by atoms with Crippen LogP contribution in [0.1, 0.15) is 31.2 Å². The van der Waals surface area contributed by atoms with Crippen LogP contribution >= 0.6 is 11.6 Å². The number of anilines is 2. The van der Waals surface area contributed by atoms with Gasteiger partial charge in [-0.25, -0.2) is 18.1 Å². The second kappa shape index (κ2) is 11.0. The third-order valence-electron chi connectivity index (χ3n) is 6.63. The maximum Gasteiger partial charge on any atom is 0.416 e. The van der Waals surface area contributed by atoms with Gasteiger partial charge in [-0.3, -0.25) is 0 Å². The fourth-order valence-electron chi connectivity index (χ4n) is 4.55. The summed E-state index contributed by atoms with van der Waals surface area (Å²) < 4.78 is 66.9. The van der Waals surface area contributed by atoms with Gasteiger partial charge < -0.3 is 10.2 Å². The minimum absolute atomic E-state index is 0.0906. The Hall–Kier alpha value is -2.63. The maximum atomic E-state index is 13.0. The molecule has 200 valence electrons. The van der Waals surface area contributed by atoms with Crippen molar-refractivity contribution in [1.82, 2.24) is 14.7 Å². The molecule has 1 heterocycles. The van der Waals surface area contributed by atoms with E-state index in [1.807, 2.05) is 43.3 Å². The Kier molecular flexibility index (Phi) is 8.15. The van der Waals surface area contributed by atoms with Gasteiger partial charge in [0.25, 0.3) is 0 Å². The van der Waals surface area contributed by atoms with Crippen LogP contribution in [-0.2, 0) is 16.2 Å². The molecule has 1 aliphatic rings. The van der Waals surface area contributed by atoms with Gasteiger partial charge in [0.1, 0.15) is 10.7 Å². The molecule has 0 amide bonds. The first-order valence-corrected chi connectivity index (χ1v) is 13.8. The Labute approximate surface area is 219 Å². The third-order valence-corrected chi connectivity index (χ3v) is 8.54. The predicted molar refractivity (Wildman–Crippen MR) is 139 cm³/mol. The molecule has 37 heavy (non-hydrogen) atoms. The summed E-state index contributed by atoms with van der Waals surface area (Å²) in [6.45, 7) is 0.846. The van der Waals surface area contributed by atoms with E-state index in [1.165, 1.54) is 0 Å². The lowest BCUT2D eigenvalue weighted by Crippen LogP contribution is -2.32. The maximum absolute atomic E-state index is 13.0. The lowest BCUT2D eigenvalue weighted by Gasteiger charge is -2.29. The van der Waals surface area contributed by atoms with Gasteiger partial charge in [0, 0.05) is 32.6 Å². The SMILES string of the molecule is CN(C)c1nc(NC[C@H]2CC[C@H](CNS(=O)(=O)c3cc(C(F)(F)F)ccc3Cl)CC2)nc2ccccc12. The normalized spacial score (nSPS) is 18.6. The number of benzene rings is 2. The van der Waals surface area contributed by atoms with E-state index < -0.39 is 26.7 Å². The topological polar surface area (TPSA) is 87.2 Å². The zero-order valence-corrected chi connectivity index (χ0v) is 22.1. The highest BCUT2D eigenvalue weighted by Crippen LogP contribution is 2.34. The molecule has 2 aromatic carbocycles. The van der Waals surface area contributed by atoms with E-state index in [-0.39, 0.29) is 17.5 Å². The summed E-state index contributed by atoms with van der Waals surface area (Å²) in [6, 6.07) is 10.1. The summed E-state index contributed by atoms with van der Waals surface area (Å²) in [4.78, 5) is 10.7. The lowest BCUT2D eigenvalue weighted by molar-refractivity contribution is -0.137. The molecule has 3 aromatic rings. The Bertz CT molecular complexity index is 1360. The van der Waals surface area contributed by atoms with Gasteiger partial charge in [-0.2, -0.15) is 18.2 Å². The average Bonchev–Trinajstić information content (AvgIpc) is 2.85. The van der Waals surface area contributed by atoms with Crippen LogP contribution in [0.2, 0.25) is 5.02 Å². The van der Waals surface area contributed by atoms with E-state index >= 15 is 0 Å². The van der Waals surface area contributed by atoms with E-state index in [0.29, 0.717) is 24.5 Å². The van der Waals surface area contributed by atoms with Gasteiger partial charge in [-0.1, -0.05) is 23.7 Å². The van der Waals surface area contributed by atoms with Crippen molar-refractivity contribution >= 4 is 44.3 Å². The van der Waals surface area contributed by atoms with Crippen LogP contribution in [0.5, 0.6) is 0 Å². The molecule has 0 unspecified atom stereocenters. The van der Waals surface area contributed by atoms with Crippen LogP contribution in [0.15, 0.2) is 47.4 Å². The molecular weight excluding hydrogens is 527 g/mol. The summed E-state index contributed by atoms with van der Waals surface area (Å²) in [5.41, 5.74) is -0.195. The third kappa shape index (κ3) is 6.63. The van der Waals surface area contributed by atoms with E-state index in [2.05, 4.69) is 20.0 Å². The number of para-hydroxylation sites is 1. The molecule has 1 aliphatic carbocycles. The number of sulfonamides is 1. The fourth-order valence-corrected chi connectivity index (χ4v) is 6.19. The molecule has 0 bridgehead atoms. The molecule has 0 spiro atoms. The highest BCUT2D eigenvalue weighted by molar-refractivity contribution is 7.89. The molecule has 0 atom stereocenters. The number of hydrogen-bond donors (Lipinski definition) is 2. The molecule has 4 rings (SSSR count). The van der Waals surface area contributed by atoms with Crippen LogP contribution < -0.4 is 14.9 Å². The number of hydrogen-bond acceptors (Lipinski definition) is 6. The Morgan fingerprint density at radius 1 is 1.00 bits per heavy atom. The van der Waals surface area contributed by atoms with Crippen molar-refractivity contribution in [1.29, 1.82) is 0 Å². The summed E-state index contributed by atoms with van der Waals surface area (Å²) >= 11 is 5.91. The average molecular weight is 556 g/mol. The minimum Gasteiger partial charge on any atom is -0.362 e. The zero-order valence-electron chi connectivity index (χ0n) is 20.5. The highest BCUT2D eigenvalue weighted by Gasteiger charge is 2.33. The quantitative estimate of drug-likeness (QED) is 0.378. The fraction of sp³-hybridized carbons (Fsp3) is 0.440. The Morgan fingerprint density at radius 2 is 1.65 bits per heavy atom. The first-order chi connectivity index (χ1) is 17.4. The standard InChI is InChI=1S/C25H29ClF3N5O2S/c1-34(2)23-19-5-3-4-6-21(19)32-24(33-23)30-14-16-7-9-17(10-8-16)15-31-37(35,36)22-13-18(25(27,28)29)11-12-20(22)26/h3-6,11-13,16-17,31H,7-10,14-15H2,1-2H3,(H,30,32,33)/t16-,17-. The van der Waals surface area contributed by atoms with Crippen molar-refractivity contribution in [2.24, 2.45) is 11.8 Å². The van der Waals surface area contributed by atoms with Gasteiger partial charge >= 0.3 is 6.18 Å². The summed E-state index contributed by atoms with van der Waals surface area (Å²) in [7, 11) is -0.298. The number of nitrogens with zero attached hydrogens (tertiary/aromatic N) is 3. The van der Waals surface area contributed by atoms with E-state index in [1.54, 1.807) is 0 Å². The van der Waals surface area contributed by atoms with Gasteiger partial charge in [-0.05, 0) is 67.9 Å². The molecule has 1 aromatic heterocycles. The molecule has 0 saturated heterocycles. The number of aromatic nitrogens is 2. The van der Waals surface area contributed by atoms with Crippen molar-refractivity contribution in [3.05, 3.63) is 53.1 Å². The van der Waals surface area contributed by atoms with Crippen molar-refractivity contribution in [2.45, 2.75) is 36.8 Å².